The van der Waals surface area contributed by atoms with E-state index < -0.39 is 28.8 Å². The number of amides is 1. The molecule has 31 heavy (non-hydrogen) atoms. The summed E-state index contributed by atoms with van der Waals surface area (Å²) in [7, 11) is 0. The van der Waals surface area contributed by atoms with Crippen molar-refractivity contribution in [2.75, 3.05) is 13.1 Å². The van der Waals surface area contributed by atoms with Crippen molar-refractivity contribution in [1.29, 1.82) is 0 Å². The Morgan fingerprint density at radius 3 is 2.74 bits per heavy atom. The first-order valence-corrected chi connectivity index (χ1v) is 9.56. The summed E-state index contributed by atoms with van der Waals surface area (Å²) in [6.07, 6.45) is -3.22. The molecule has 1 atom stereocenters. The van der Waals surface area contributed by atoms with Gasteiger partial charge >= 0.3 is 6.18 Å². The maximum atomic E-state index is 13.5. The Hall–Kier alpha value is -3.57. The number of piperidine rings is 1. The Labute approximate surface area is 173 Å². The highest BCUT2D eigenvalue weighted by Gasteiger charge is 2.35. The predicted octanol–water partition coefficient (Wildman–Crippen LogP) is 2.09. The van der Waals surface area contributed by atoms with Gasteiger partial charge in [0.1, 0.15) is 0 Å². The number of alkyl halides is 3. The van der Waals surface area contributed by atoms with E-state index in [1.807, 2.05) is 0 Å². The van der Waals surface area contributed by atoms with Gasteiger partial charge < -0.3 is 4.90 Å². The molecule has 1 fully saturated rings. The molecule has 1 N–H and O–H groups in total. The molecule has 0 saturated carbocycles. The van der Waals surface area contributed by atoms with Crippen molar-refractivity contribution in [1.82, 2.24) is 35.3 Å². The van der Waals surface area contributed by atoms with Crippen LogP contribution < -0.4 is 5.43 Å². The van der Waals surface area contributed by atoms with Gasteiger partial charge in [-0.15, -0.1) is 10.2 Å². The molecule has 1 amide bonds. The summed E-state index contributed by atoms with van der Waals surface area (Å²) >= 11 is 0. The van der Waals surface area contributed by atoms with Gasteiger partial charge in [-0.2, -0.15) is 23.5 Å². The van der Waals surface area contributed by atoms with Crippen LogP contribution in [-0.2, 0) is 6.18 Å². The van der Waals surface area contributed by atoms with E-state index in [9.17, 15) is 22.8 Å². The lowest BCUT2D eigenvalue weighted by atomic mass is 9.97. The lowest BCUT2D eigenvalue weighted by Gasteiger charge is -2.31. The van der Waals surface area contributed by atoms with Crippen LogP contribution in [0.2, 0.25) is 0 Å². The summed E-state index contributed by atoms with van der Waals surface area (Å²) in [6.45, 7) is 2.11. The summed E-state index contributed by atoms with van der Waals surface area (Å²) in [5, 5.41) is 17.8. The fourth-order valence-electron chi connectivity index (χ4n) is 3.70. The molecule has 1 aliphatic heterocycles. The average Bonchev–Trinajstić information content (AvgIpc) is 3.28. The van der Waals surface area contributed by atoms with Crippen molar-refractivity contribution >= 4 is 5.91 Å². The SMILES string of the molecule is Cc1cc(=O)c(C(=O)N2CCCC(c3nn[nH]n3)C2)nn1-c1ccccc1C(F)(F)F. The summed E-state index contributed by atoms with van der Waals surface area (Å²) in [4.78, 5) is 27.0. The molecule has 12 heteroatoms. The number of carbonyl (C=O) groups is 1. The third kappa shape index (κ3) is 4.05. The number of para-hydroxylation sites is 1. The van der Waals surface area contributed by atoms with E-state index in [1.165, 1.54) is 30.0 Å². The van der Waals surface area contributed by atoms with Gasteiger partial charge in [-0.05, 0) is 31.9 Å². The van der Waals surface area contributed by atoms with Gasteiger partial charge in [-0.1, -0.05) is 17.3 Å². The van der Waals surface area contributed by atoms with Crippen LogP contribution in [0.15, 0.2) is 35.1 Å². The fraction of sp³-hybridized carbons (Fsp3) is 0.368. The zero-order chi connectivity index (χ0) is 22.2. The van der Waals surface area contributed by atoms with Crippen molar-refractivity contribution in [2.45, 2.75) is 31.9 Å². The number of rotatable bonds is 3. The highest BCUT2D eigenvalue weighted by Crippen LogP contribution is 2.33. The summed E-state index contributed by atoms with van der Waals surface area (Å²) in [5.74, 6) is -0.336. The highest BCUT2D eigenvalue weighted by atomic mass is 19.4. The smallest absolute Gasteiger partial charge is 0.336 e. The molecule has 3 heterocycles. The molecule has 9 nitrogen and oxygen atoms in total. The fourth-order valence-corrected chi connectivity index (χ4v) is 3.70. The molecular weight excluding hydrogens is 415 g/mol. The largest absolute Gasteiger partial charge is 0.418 e. The van der Waals surface area contributed by atoms with Gasteiger partial charge in [0.15, 0.2) is 11.5 Å². The standard InChI is InChI=1S/C19H18F3N7O2/c1-11-9-15(30)16(25-29(11)14-7-3-2-6-13(14)19(20,21)22)18(31)28-8-4-5-12(10-28)17-23-26-27-24-17/h2-3,6-7,9,12H,4-5,8,10H2,1H3,(H,23,24,26,27). The summed E-state index contributed by atoms with van der Waals surface area (Å²) < 4.78 is 41.4. The van der Waals surface area contributed by atoms with E-state index >= 15 is 0 Å². The molecule has 0 spiro atoms. The molecule has 1 saturated heterocycles. The maximum absolute atomic E-state index is 13.5. The van der Waals surface area contributed by atoms with Crippen LogP contribution in [0, 0.1) is 6.92 Å². The van der Waals surface area contributed by atoms with E-state index in [4.69, 9.17) is 0 Å². The van der Waals surface area contributed by atoms with Crippen LogP contribution in [0.4, 0.5) is 13.2 Å². The first-order valence-electron chi connectivity index (χ1n) is 9.56. The minimum absolute atomic E-state index is 0.157. The Morgan fingerprint density at radius 2 is 2.03 bits per heavy atom. The lowest BCUT2D eigenvalue weighted by Crippen LogP contribution is -2.42. The first kappa shape index (κ1) is 20.7. The highest BCUT2D eigenvalue weighted by molar-refractivity contribution is 5.92. The Kier molecular flexibility index (Phi) is 5.29. The van der Waals surface area contributed by atoms with Gasteiger partial charge in [-0.25, -0.2) is 4.68 Å². The normalized spacial score (nSPS) is 17.0. The summed E-state index contributed by atoms with van der Waals surface area (Å²) in [6, 6.07) is 5.99. The second-order valence-corrected chi connectivity index (χ2v) is 7.29. The molecule has 0 aliphatic carbocycles. The number of tetrazole rings is 1. The number of aromatic nitrogens is 6. The molecule has 2 aromatic heterocycles. The third-order valence-corrected chi connectivity index (χ3v) is 5.18. The molecule has 3 aromatic rings. The monoisotopic (exact) mass is 433 g/mol. The molecule has 0 bridgehead atoms. The molecule has 1 unspecified atom stereocenters. The number of halogens is 3. The van der Waals surface area contributed by atoms with Crippen molar-refractivity contribution < 1.29 is 18.0 Å². The number of aromatic amines is 1. The Bertz CT molecular complexity index is 1160. The predicted molar refractivity (Wildman–Crippen MR) is 102 cm³/mol. The van der Waals surface area contributed by atoms with Gasteiger partial charge in [0, 0.05) is 30.8 Å². The average molecular weight is 433 g/mol. The molecule has 162 valence electrons. The number of likely N-dealkylation sites (tertiary alicyclic amines) is 1. The maximum Gasteiger partial charge on any atom is 0.418 e. The zero-order valence-corrected chi connectivity index (χ0v) is 16.4. The first-order chi connectivity index (χ1) is 14.8. The lowest BCUT2D eigenvalue weighted by molar-refractivity contribution is -0.137. The Balaban J connectivity index is 1.71. The van der Waals surface area contributed by atoms with Crippen LogP contribution in [0.5, 0.6) is 0 Å². The molecular formula is C19H18F3N7O2. The van der Waals surface area contributed by atoms with E-state index in [1.54, 1.807) is 0 Å². The molecule has 1 aromatic carbocycles. The van der Waals surface area contributed by atoms with Crippen molar-refractivity contribution in [3.63, 3.8) is 0 Å². The van der Waals surface area contributed by atoms with E-state index in [0.29, 0.717) is 18.8 Å². The van der Waals surface area contributed by atoms with E-state index in [2.05, 4.69) is 25.7 Å². The second kappa shape index (κ2) is 7.93. The molecule has 0 radical (unpaired) electrons. The quantitative estimate of drug-likeness (QED) is 0.678. The van der Waals surface area contributed by atoms with Crippen molar-refractivity contribution in [3.05, 3.63) is 63.3 Å². The van der Waals surface area contributed by atoms with Gasteiger partial charge in [0.25, 0.3) is 5.91 Å². The van der Waals surface area contributed by atoms with Gasteiger partial charge in [0.05, 0.1) is 11.3 Å². The minimum Gasteiger partial charge on any atom is -0.336 e. The van der Waals surface area contributed by atoms with E-state index in [0.717, 1.165) is 23.2 Å². The number of hydrogen-bond acceptors (Lipinski definition) is 6. The molecule has 1 aliphatic rings. The number of H-pyrrole nitrogens is 1. The van der Waals surface area contributed by atoms with Gasteiger partial charge in [0.2, 0.25) is 5.43 Å². The Morgan fingerprint density at radius 1 is 1.26 bits per heavy atom. The van der Waals surface area contributed by atoms with Crippen molar-refractivity contribution in [3.8, 4) is 5.69 Å². The third-order valence-electron chi connectivity index (χ3n) is 5.18. The van der Waals surface area contributed by atoms with Crippen LogP contribution in [-0.4, -0.2) is 54.3 Å². The zero-order valence-electron chi connectivity index (χ0n) is 16.4. The van der Waals surface area contributed by atoms with Crippen LogP contribution in [0.1, 0.15) is 46.3 Å². The van der Waals surface area contributed by atoms with Gasteiger partial charge in [-0.3, -0.25) is 9.59 Å². The minimum atomic E-state index is -4.62. The number of aryl methyl sites for hydroxylation is 1. The second-order valence-electron chi connectivity index (χ2n) is 7.29. The van der Waals surface area contributed by atoms with Crippen LogP contribution >= 0.6 is 0 Å². The van der Waals surface area contributed by atoms with Crippen molar-refractivity contribution in [2.24, 2.45) is 0 Å². The summed E-state index contributed by atoms with van der Waals surface area (Å²) in [5.41, 5.74) is -2.07. The number of nitrogens with zero attached hydrogens (tertiary/aromatic N) is 6. The number of nitrogens with one attached hydrogen (secondary N) is 1. The van der Waals surface area contributed by atoms with E-state index in [-0.39, 0.29) is 23.8 Å². The van der Waals surface area contributed by atoms with Crippen LogP contribution in [0.25, 0.3) is 5.69 Å². The number of carbonyl (C=O) groups excluding carboxylic acids is 1. The van der Waals surface area contributed by atoms with Crippen LogP contribution in [0.3, 0.4) is 0 Å². The number of hydrogen-bond donors (Lipinski definition) is 1. The topological polar surface area (TPSA) is 110 Å². The number of benzene rings is 1. The molecule has 4 rings (SSSR count).